The van der Waals surface area contributed by atoms with Crippen molar-refractivity contribution in [3.05, 3.63) is 35.0 Å². The predicted molar refractivity (Wildman–Crippen MR) is 94.3 cm³/mol. The Hall–Kier alpha value is -2.56. The maximum atomic E-state index is 12.6. The number of anilines is 1. The zero-order chi connectivity index (χ0) is 16.6. The number of fused-ring (bicyclic) bond motifs is 6. The number of aromatic amines is 2. The summed E-state index contributed by atoms with van der Waals surface area (Å²) in [6.07, 6.45) is 5.20. The van der Waals surface area contributed by atoms with E-state index >= 15 is 0 Å². The Kier molecular flexibility index (Phi) is 2.47. The summed E-state index contributed by atoms with van der Waals surface area (Å²) in [5, 5.41) is 8.69. The molecule has 1 amide bonds. The first-order chi connectivity index (χ1) is 11.5. The van der Waals surface area contributed by atoms with E-state index in [1.54, 1.807) is 4.90 Å². The summed E-state index contributed by atoms with van der Waals surface area (Å²) < 4.78 is 0. The number of likely N-dealkylation sites (N-methyl/N-ethyl adjacent to an activating group) is 1. The number of rotatable bonds is 0. The number of hydrogen-bond acceptors (Lipinski definition) is 2. The van der Waals surface area contributed by atoms with Crippen molar-refractivity contribution in [3.8, 4) is 11.4 Å². The fourth-order valence-electron chi connectivity index (χ4n) is 4.35. The summed E-state index contributed by atoms with van der Waals surface area (Å²) in [4.78, 5) is 17.9. The molecule has 0 fully saturated rings. The summed E-state index contributed by atoms with van der Waals surface area (Å²) >= 11 is 0. The van der Waals surface area contributed by atoms with Crippen LogP contribution in [0.1, 0.15) is 37.0 Å². The lowest BCUT2D eigenvalue weighted by molar-refractivity contribution is -0.121. The van der Waals surface area contributed by atoms with Gasteiger partial charge in [0.05, 0.1) is 11.1 Å². The number of amides is 1. The van der Waals surface area contributed by atoms with Crippen LogP contribution in [0.4, 0.5) is 5.69 Å². The Bertz CT molecular complexity index is 1010. The van der Waals surface area contributed by atoms with Gasteiger partial charge in [-0.2, -0.15) is 5.10 Å². The molecular weight excluding hydrogens is 300 g/mol. The summed E-state index contributed by atoms with van der Waals surface area (Å²) in [6, 6.07) is 4.34. The van der Waals surface area contributed by atoms with Crippen molar-refractivity contribution >= 4 is 22.5 Å². The molecule has 3 heterocycles. The van der Waals surface area contributed by atoms with Crippen molar-refractivity contribution in [1.82, 2.24) is 15.2 Å². The molecule has 1 aromatic carbocycles. The zero-order valence-electron chi connectivity index (χ0n) is 14.2. The molecule has 5 nitrogen and oxygen atoms in total. The van der Waals surface area contributed by atoms with Crippen LogP contribution in [0.15, 0.2) is 18.3 Å². The molecule has 0 saturated carbocycles. The first-order valence-electron chi connectivity index (χ1n) is 8.48. The molecule has 1 aliphatic carbocycles. The van der Waals surface area contributed by atoms with Gasteiger partial charge in [-0.1, -0.05) is 0 Å². The molecule has 24 heavy (non-hydrogen) atoms. The Labute approximate surface area is 140 Å². The molecule has 0 bridgehead atoms. The van der Waals surface area contributed by atoms with E-state index in [4.69, 9.17) is 0 Å². The van der Waals surface area contributed by atoms with Crippen LogP contribution in [0.3, 0.4) is 0 Å². The van der Waals surface area contributed by atoms with Crippen LogP contribution in [0.25, 0.3) is 22.3 Å². The molecule has 2 aliphatic rings. The molecule has 5 rings (SSSR count). The fourth-order valence-corrected chi connectivity index (χ4v) is 4.35. The molecule has 0 atom stereocenters. The SMILES string of the molecule is CN1C(=O)C(C)(C)c2cc3[nH]c4c(c3cc21)CCCc1c[nH]nc1-4. The molecule has 0 saturated heterocycles. The summed E-state index contributed by atoms with van der Waals surface area (Å²) in [5.41, 5.74) is 7.54. The number of nitrogens with zero attached hydrogens (tertiary/aromatic N) is 2. The molecule has 3 aromatic rings. The number of carbonyl (C=O) groups excluding carboxylic acids is 1. The highest BCUT2D eigenvalue weighted by molar-refractivity contribution is 6.10. The van der Waals surface area contributed by atoms with Crippen LogP contribution in [-0.2, 0) is 23.1 Å². The third-order valence-electron chi connectivity index (χ3n) is 5.73. The maximum absolute atomic E-state index is 12.6. The van der Waals surface area contributed by atoms with Crippen molar-refractivity contribution in [2.45, 2.75) is 38.5 Å². The highest BCUT2D eigenvalue weighted by Crippen LogP contribution is 2.45. The third kappa shape index (κ3) is 1.54. The number of nitrogens with one attached hydrogen (secondary N) is 2. The average Bonchev–Trinajstić information content (AvgIpc) is 3.17. The maximum Gasteiger partial charge on any atom is 0.236 e. The molecule has 0 radical (unpaired) electrons. The van der Waals surface area contributed by atoms with Gasteiger partial charge in [-0.25, -0.2) is 0 Å². The van der Waals surface area contributed by atoms with Gasteiger partial charge in [0, 0.05) is 29.8 Å². The van der Waals surface area contributed by atoms with Gasteiger partial charge in [-0.15, -0.1) is 0 Å². The molecule has 2 aromatic heterocycles. The Morgan fingerprint density at radius 3 is 2.92 bits per heavy atom. The van der Waals surface area contributed by atoms with Crippen molar-refractivity contribution in [1.29, 1.82) is 0 Å². The minimum atomic E-state index is -0.474. The predicted octanol–water partition coefficient (Wildman–Crippen LogP) is 3.30. The highest BCUT2D eigenvalue weighted by atomic mass is 16.2. The van der Waals surface area contributed by atoms with E-state index in [0.29, 0.717) is 0 Å². The van der Waals surface area contributed by atoms with Crippen LogP contribution < -0.4 is 4.90 Å². The van der Waals surface area contributed by atoms with Crippen molar-refractivity contribution in [3.63, 3.8) is 0 Å². The zero-order valence-corrected chi connectivity index (χ0v) is 14.2. The van der Waals surface area contributed by atoms with Crippen LogP contribution in [0, 0.1) is 0 Å². The standard InChI is InChI=1S/C19H20N4O/c1-19(2)13-8-14-12(7-15(13)23(3)18(19)24)11-6-4-5-10-9-20-22-16(10)17(11)21-14/h7-9,21H,4-6H2,1-3H3,(H,20,22). The second-order valence-corrected chi connectivity index (χ2v) is 7.50. The number of benzene rings is 1. The van der Waals surface area contributed by atoms with Crippen molar-refractivity contribution in [2.24, 2.45) is 0 Å². The third-order valence-corrected chi connectivity index (χ3v) is 5.73. The van der Waals surface area contributed by atoms with Crippen molar-refractivity contribution in [2.75, 3.05) is 11.9 Å². The van der Waals surface area contributed by atoms with Gasteiger partial charge in [-0.3, -0.25) is 9.89 Å². The van der Waals surface area contributed by atoms with Crippen LogP contribution in [0.5, 0.6) is 0 Å². The summed E-state index contributed by atoms with van der Waals surface area (Å²) in [5.74, 6) is 0.158. The van der Waals surface area contributed by atoms with E-state index in [1.807, 2.05) is 27.1 Å². The van der Waals surface area contributed by atoms with Gasteiger partial charge >= 0.3 is 0 Å². The molecule has 1 aliphatic heterocycles. The van der Waals surface area contributed by atoms with E-state index < -0.39 is 5.41 Å². The topological polar surface area (TPSA) is 64.8 Å². The lowest BCUT2D eigenvalue weighted by Gasteiger charge is -2.16. The van der Waals surface area contributed by atoms with Gasteiger partial charge in [0.1, 0.15) is 5.69 Å². The lowest BCUT2D eigenvalue weighted by Crippen LogP contribution is -2.33. The Morgan fingerprint density at radius 1 is 1.25 bits per heavy atom. The van der Waals surface area contributed by atoms with Gasteiger partial charge < -0.3 is 9.88 Å². The van der Waals surface area contributed by atoms with Crippen LogP contribution in [-0.4, -0.2) is 28.1 Å². The second kappa shape index (κ2) is 4.29. The van der Waals surface area contributed by atoms with E-state index in [1.165, 1.54) is 16.5 Å². The van der Waals surface area contributed by atoms with Gasteiger partial charge in [0.2, 0.25) is 5.91 Å². The van der Waals surface area contributed by atoms with Gasteiger partial charge in [-0.05, 0) is 61.9 Å². The van der Waals surface area contributed by atoms with E-state index in [0.717, 1.165) is 47.4 Å². The Morgan fingerprint density at radius 2 is 2.08 bits per heavy atom. The average molecular weight is 320 g/mol. The minimum Gasteiger partial charge on any atom is -0.353 e. The molecular formula is C19H20N4O. The first kappa shape index (κ1) is 13.8. The number of H-pyrrole nitrogens is 2. The van der Waals surface area contributed by atoms with Gasteiger partial charge in [0.15, 0.2) is 0 Å². The highest BCUT2D eigenvalue weighted by Gasteiger charge is 2.42. The van der Waals surface area contributed by atoms with E-state index in [9.17, 15) is 4.79 Å². The van der Waals surface area contributed by atoms with Gasteiger partial charge in [0.25, 0.3) is 0 Å². The number of carbonyl (C=O) groups is 1. The Balaban J connectivity index is 1.82. The number of aromatic nitrogens is 3. The number of aryl methyl sites for hydroxylation is 2. The van der Waals surface area contributed by atoms with Crippen LogP contribution in [0.2, 0.25) is 0 Å². The largest absolute Gasteiger partial charge is 0.353 e. The minimum absolute atomic E-state index is 0.158. The molecule has 0 unspecified atom stereocenters. The molecule has 0 spiro atoms. The quantitative estimate of drug-likeness (QED) is 0.667. The smallest absolute Gasteiger partial charge is 0.236 e. The monoisotopic (exact) mass is 320 g/mol. The lowest BCUT2D eigenvalue weighted by atomic mass is 9.85. The summed E-state index contributed by atoms with van der Waals surface area (Å²) in [7, 11) is 1.87. The molecule has 122 valence electrons. The normalized spacial score (nSPS) is 18.5. The van der Waals surface area contributed by atoms with Crippen LogP contribution >= 0.6 is 0 Å². The molecule has 5 heteroatoms. The number of hydrogen-bond donors (Lipinski definition) is 2. The first-order valence-corrected chi connectivity index (χ1v) is 8.48. The summed E-state index contributed by atoms with van der Waals surface area (Å²) in [6.45, 7) is 4.01. The second-order valence-electron chi connectivity index (χ2n) is 7.50. The van der Waals surface area contributed by atoms with Crippen molar-refractivity contribution < 1.29 is 4.79 Å². The van der Waals surface area contributed by atoms with E-state index in [2.05, 4.69) is 27.3 Å². The fraction of sp³-hybridized carbons (Fsp3) is 0.368. The molecule has 2 N–H and O–H groups in total. The van der Waals surface area contributed by atoms with E-state index in [-0.39, 0.29) is 5.91 Å².